The molecule has 0 saturated carbocycles. The number of nitrogens with zero attached hydrogens (tertiary/aromatic N) is 4. The Bertz CT molecular complexity index is 1230. The summed E-state index contributed by atoms with van der Waals surface area (Å²) in [7, 11) is 5.93. The van der Waals surface area contributed by atoms with Crippen molar-refractivity contribution < 1.29 is 4.42 Å². The van der Waals surface area contributed by atoms with Gasteiger partial charge in [-0.3, -0.25) is 9.25 Å². The number of fused-ring (bicyclic) bond motifs is 1. The van der Waals surface area contributed by atoms with Crippen LogP contribution in [0.3, 0.4) is 0 Å². The summed E-state index contributed by atoms with van der Waals surface area (Å²) in [5, 5.41) is 7.81. The molecule has 0 amide bonds. The van der Waals surface area contributed by atoms with Crippen LogP contribution in [0.1, 0.15) is 11.1 Å². The van der Waals surface area contributed by atoms with E-state index in [2.05, 4.69) is 35.5 Å². The van der Waals surface area contributed by atoms with Gasteiger partial charge in [-0.05, 0) is 56.9 Å². The van der Waals surface area contributed by atoms with Crippen molar-refractivity contribution >= 4 is 16.8 Å². The van der Waals surface area contributed by atoms with Crippen LogP contribution in [0.4, 0.5) is 5.69 Å². The molecule has 0 unspecified atom stereocenters. The van der Waals surface area contributed by atoms with Crippen LogP contribution in [0.25, 0.3) is 22.4 Å². The number of benzene rings is 2. The maximum atomic E-state index is 12.2. The average molecular weight is 406 g/mol. The molecule has 4 rings (SSSR count). The zero-order valence-electron chi connectivity index (χ0n) is 17.8. The second-order valence-electron chi connectivity index (χ2n) is 7.86. The van der Waals surface area contributed by atoms with Gasteiger partial charge in [-0.2, -0.15) is 5.10 Å². The maximum Gasteiger partial charge on any atom is 0.419 e. The fourth-order valence-corrected chi connectivity index (χ4v) is 3.60. The first kappa shape index (κ1) is 20.0. The summed E-state index contributed by atoms with van der Waals surface area (Å²) in [4.78, 5) is 14.3. The van der Waals surface area contributed by atoms with Gasteiger partial charge in [-0.15, -0.1) is 0 Å². The first-order valence-electron chi connectivity index (χ1n) is 10.0. The zero-order chi connectivity index (χ0) is 21.3. The molecule has 2 aromatic carbocycles. The van der Waals surface area contributed by atoms with Gasteiger partial charge in [0.25, 0.3) is 0 Å². The number of aryl methyl sites for hydroxylation is 2. The molecular weight excluding hydrogens is 378 g/mol. The van der Waals surface area contributed by atoms with Gasteiger partial charge in [-0.1, -0.05) is 17.7 Å². The molecule has 2 heterocycles. The van der Waals surface area contributed by atoms with Crippen molar-refractivity contribution in [3.05, 3.63) is 70.3 Å². The van der Waals surface area contributed by atoms with Crippen molar-refractivity contribution in [1.82, 2.24) is 19.2 Å². The van der Waals surface area contributed by atoms with Crippen LogP contribution in [0, 0.1) is 6.92 Å². The topological polar surface area (TPSA) is 68.2 Å². The molecule has 0 saturated heterocycles. The monoisotopic (exact) mass is 405 g/mol. The third kappa shape index (κ3) is 4.02. The molecule has 1 N–H and O–H groups in total. The second-order valence-corrected chi connectivity index (χ2v) is 7.86. The zero-order valence-corrected chi connectivity index (χ0v) is 17.8. The van der Waals surface area contributed by atoms with E-state index >= 15 is 0 Å². The molecule has 0 radical (unpaired) electrons. The first-order chi connectivity index (χ1) is 14.4. The molecule has 7 heteroatoms. The Labute approximate surface area is 175 Å². The SMILES string of the molecule is Cc1ccc(CNc2ccc3oc(=O)n(CCN(C)C)c3c2)c(-c2ccnn2C)c1. The molecule has 0 spiro atoms. The lowest BCUT2D eigenvalue weighted by molar-refractivity contribution is 0.374. The van der Waals surface area contributed by atoms with E-state index in [9.17, 15) is 4.79 Å². The fourth-order valence-electron chi connectivity index (χ4n) is 3.60. The van der Waals surface area contributed by atoms with E-state index < -0.39 is 0 Å². The highest BCUT2D eigenvalue weighted by molar-refractivity contribution is 5.78. The van der Waals surface area contributed by atoms with Crippen LogP contribution >= 0.6 is 0 Å². The Morgan fingerprint density at radius 3 is 2.70 bits per heavy atom. The van der Waals surface area contributed by atoms with E-state index in [1.807, 2.05) is 61.2 Å². The largest absolute Gasteiger partial charge is 0.419 e. The van der Waals surface area contributed by atoms with Gasteiger partial charge in [-0.25, -0.2) is 4.79 Å². The van der Waals surface area contributed by atoms with E-state index in [0.717, 1.165) is 29.0 Å². The van der Waals surface area contributed by atoms with E-state index in [-0.39, 0.29) is 5.76 Å². The van der Waals surface area contributed by atoms with E-state index in [0.29, 0.717) is 18.7 Å². The summed E-state index contributed by atoms with van der Waals surface area (Å²) in [6.07, 6.45) is 1.81. The molecule has 0 fully saturated rings. The van der Waals surface area contributed by atoms with Gasteiger partial charge in [0.15, 0.2) is 5.58 Å². The molecule has 30 heavy (non-hydrogen) atoms. The minimum atomic E-state index is -0.318. The number of hydrogen-bond donors (Lipinski definition) is 1. The lowest BCUT2D eigenvalue weighted by Crippen LogP contribution is -2.23. The maximum absolute atomic E-state index is 12.2. The number of aromatic nitrogens is 3. The van der Waals surface area contributed by atoms with Gasteiger partial charge in [0, 0.05) is 44.1 Å². The Balaban J connectivity index is 1.61. The van der Waals surface area contributed by atoms with E-state index in [1.165, 1.54) is 11.1 Å². The van der Waals surface area contributed by atoms with Crippen LogP contribution in [-0.4, -0.2) is 39.9 Å². The van der Waals surface area contributed by atoms with Crippen molar-refractivity contribution in [2.45, 2.75) is 20.0 Å². The van der Waals surface area contributed by atoms with Crippen LogP contribution in [0.2, 0.25) is 0 Å². The van der Waals surface area contributed by atoms with Crippen LogP contribution in [0.5, 0.6) is 0 Å². The lowest BCUT2D eigenvalue weighted by atomic mass is 10.0. The predicted molar refractivity (Wildman–Crippen MR) is 120 cm³/mol. The van der Waals surface area contributed by atoms with Crippen LogP contribution in [-0.2, 0) is 20.1 Å². The molecule has 0 aliphatic heterocycles. The smallest absolute Gasteiger partial charge is 0.408 e. The first-order valence-corrected chi connectivity index (χ1v) is 10.0. The third-order valence-corrected chi connectivity index (χ3v) is 5.28. The van der Waals surface area contributed by atoms with Crippen LogP contribution < -0.4 is 11.1 Å². The molecule has 0 atom stereocenters. The molecular formula is C23H27N5O2. The molecule has 0 bridgehead atoms. The minimum absolute atomic E-state index is 0.318. The van der Waals surface area contributed by atoms with Gasteiger partial charge in [0.2, 0.25) is 0 Å². The van der Waals surface area contributed by atoms with E-state index in [4.69, 9.17) is 4.42 Å². The molecule has 7 nitrogen and oxygen atoms in total. The second kappa shape index (κ2) is 8.20. The fraction of sp³-hybridized carbons (Fsp3) is 0.304. The Kier molecular flexibility index (Phi) is 5.46. The number of rotatable bonds is 7. The van der Waals surface area contributed by atoms with Crippen molar-refractivity contribution in [3.63, 3.8) is 0 Å². The normalized spacial score (nSPS) is 11.5. The van der Waals surface area contributed by atoms with Gasteiger partial charge in [0.05, 0.1) is 11.2 Å². The quantitative estimate of drug-likeness (QED) is 0.510. The number of anilines is 1. The highest BCUT2D eigenvalue weighted by Gasteiger charge is 2.12. The van der Waals surface area contributed by atoms with Crippen LogP contribution in [0.15, 0.2) is 57.9 Å². The van der Waals surface area contributed by atoms with Crippen molar-refractivity contribution in [3.8, 4) is 11.3 Å². The predicted octanol–water partition coefficient (Wildman–Crippen LogP) is 3.48. The van der Waals surface area contributed by atoms with Gasteiger partial charge in [0.1, 0.15) is 0 Å². The molecule has 0 aliphatic rings. The summed E-state index contributed by atoms with van der Waals surface area (Å²) in [5.74, 6) is -0.318. The van der Waals surface area contributed by atoms with Crippen molar-refractivity contribution in [1.29, 1.82) is 0 Å². The standard InChI is InChI=1S/C23H27N5O2/c1-16-5-6-17(19(13-16)20-9-10-25-27(20)4)15-24-18-7-8-22-21(14-18)28(23(29)30-22)12-11-26(2)3/h5-10,13-14,24H,11-12,15H2,1-4H3. The Morgan fingerprint density at radius 1 is 1.13 bits per heavy atom. The lowest BCUT2D eigenvalue weighted by Gasteiger charge is -2.13. The van der Waals surface area contributed by atoms with Crippen molar-refractivity contribution in [2.24, 2.45) is 7.05 Å². The summed E-state index contributed by atoms with van der Waals surface area (Å²) in [6.45, 7) is 4.11. The van der Waals surface area contributed by atoms with Crippen molar-refractivity contribution in [2.75, 3.05) is 26.0 Å². The summed E-state index contributed by atoms with van der Waals surface area (Å²) in [6, 6.07) is 14.3. The Morgan fingerprint density at radius 2 is 1.97 bits per heavy atom. The summed E-state index contributed by atoms with van der Waals surface area (Å²) in [5.41, 5.74) is 6.99. The molecule has 0 aliphatic carbocycles. The molecule has 156 valence electrons. The molecule has 4 aromatic rings. The number of oxazole rings is 1. The number of likely N-dealkylation sites (N-methyl/N-ethyl adjacent to an activating group) is 1. The highest BCUT2D eigenvalue weighted by atomic mass is 16.4. The summed E-state index contributed by atoms with van der Waals surface area (Å²) < 4.78 is 8.97. The minimum Gasteiger partial charge on any atom is -0.408 e. The van der Waals surface area contributed by atoms with Gasteiger partial charge < -0.3 is 14.6 Å². The molecule has 2 aromatic heterocycles. The summed E-state index contributed by atoms with van der Waals surface area (Å²) >= 11 is 0. The Hall–Kier alpha value is -3.32. The average Bonchev–Trinajstić information content (AvgIpc) is 3.27. The third-order valence-electron chi connectivity index (χ3n) is 5.28. The number of nitrogens with one attached hydrogen (secondary N) is 1. The highest BCUT2D eigenvalue weighted by Crippen LogP contribution is 2.26. The van der Waals surface area contributed by atoms with E-state index in [1.54, 1.807) is 4.57 Å². The van der Waals surface area contributed by atoms with Gasteiger partial charge >= 0.3 is 5.76 Å². The number of hydrogen-bond acceptors (Lipinski definition) is 5.